The highest BCUT2D eigenvalue weighted by Gasteiger charge is 2.13. The van der Waals surface area contributed by atoms with Crippen LogP contribution in [0.3, 0.4) is 0 Å². The van der Waals surface area contributed by atoms with Crippen molar-refractivity contribution in [1.82, 2.24) is 2.78 Å². The Morgan fingerprint density at radius 3 is 2.79 bits per heavy atom. The second-order valence-corrected chi connectivity index (χ2v) is 4.09. The number of halogens is 1. The molecule has 0 amide bonds. The lowest BCUT2D eigenvalue weighted by Crippen LogP contribution is -1.99. The smallest absolute Gasteiger partial charge is 0.353 e. The molecule has 2 aromatic rings. The van der Waals surface area contributed by atoms with Crippen LogP contribution < -0.4 is 0 Å². The number of aromatic carboxylic acids is 1. The fourth-order valence-corrected chi connectivity index (χ4v) is 2.54. The van der Waals surface area contributed by atoms with E-state index in [1.807, 2.05) is 48.0 Å². The molecule has 14 heavy (non-hydrogen) atoms. The molecule has 72 valence electrons. The molecule has 0 saturated carbocycles. The van der Waals surface area contributed by atoms with Crippen molar-refractivity contribution in [1.29, 1.82) is 0 Å². The Kier molecular flexibility index (Phi) is 2.22. The van der Waals surface area contributed by atoms with Crippen molar-refractivity contribution in [2.45, 2.75) is 6.92 Å². The molecule has 0 aliphatic rings. The zero-order valence-corrected chi connectivity index (χ0v) is 9.65. The van der Waals surface area contributed by atoms with E-state index in [9.17, 15) is 4.79 Å². The molecule has 0 spiro atoms. The van der Waals surface area contributed by atoms with Crippen molar-refractivity contribution in [3.05, 3.63) is 35.5 Å². The van der Waals surface area contributed by atoms with Crippen LogP contribution >= 0.6 is 22.9 Å². The third kappa shape index (κ3) is 1.30. The molecule has 0 saturated heterocycles. The first-order valence-corrected chi connectivity index (χ1v) is 5.08. The topological polar surface area (TPSA) is 42.2 Å². The van der Waals surface area contributed by atoms with E-state index in [-0.39, 0.29) is 0 Å². The van der Waals surface area contributed by atoms with E-state index in [0.717, 1.165) is 16.5 Å². The summed E-state index contributed by atoms with van der Waals surface area (Å²) >= 11 is 2.01. The van der Waals surface area contributed by atoms with Crippen molar-refractivity contribution in [3.8, 4) is 0 Å². The zero-order chi connectivity index (χ0) is 10.3. The Hall–Kier alpha value is -1.04. The predicted molar refractivity (Wildman–Crippen MR) is 63.1 cm³/mol. The molecule has 0 bridgehead atoms. The van der Waals surface area contributed by atoms with Crippen molar-refractivity contribution in [2.24, 2.45) is 0 Å². The van der Waals surface area contributed by atoms with Gasteiger partial charge in [0.1, 0.15) is 5.69 Å². The Labute approximate surface area is 94.8 Å². The third-order valence-electron chi connectivity index (χ3n) is 2.19. The van der Waals surface area contributed by atoms with Crippen LogP contribution in [0.1, 0.15) is 16.1 Å². The zero-order valence-electron chi connectivity index (χ0n) is 7.49. The minimum absolute atomic E-state index is 0.315. The maximum absolute atomic E-state index is 10.9. The van der Waals surface area contributed by atoms with Gasteiger partial charge in [-0.05, 0) is 18.6 Å². The molecule has 1 heterocycles. The monoisotopic (exact) mass is 301 g/mol. The molecule has 2 rings (SSSR count). The van der Waals surface area contributed by atoms with Crippen molar-refractivity contribution >= 4 is 39.7 Å². The van der Waals surface area contributed by atoms with E-state index < -0.39 is 5.97 Å². The Morgan fingerprint density at radius 2 is 2.21 bits per heavy atom. The number of nitrogens with zero attached hydrogens (tertiary/aromatic N) is 1. The van der Waals surface area contributed by atoms with E-state index in [2.05, 4.69) is 0 Å². The largest absolute Gasteiger partial charge is 0.477 e. The van der Waals surface area contributed by atoms with Crippen LogP contribution in [0.4, 0.5) is 0 Å². The number of rotatable bonds is 1. The number of aromatic nitrogens is 1. The number of fused-ring (bicyclic) bond motifs is 1. The third-order valence-corrected chi connectivity index (χ3v) is 3.19. The highest BCUT2D eigenvalue weighted by Crippen LogP contribution is 2.25. The van der Waals surface area contributed by atoms with Crippen molar-refractivity contribution in [3.63, 3.8) is 0 Å². The van der Waals surface area contributed by atoms with Gasteiger partial charge in [-0.3, -0.25) is 2.78 Å². The molecule has 1 N–H and O–H groups in total. The van der Waals surface area contributed by atoms with Crippen LogP contribution in [0.15, 0.2) is 24.3 Å². The molecule has 1 aromatic carbocycles. The predicted octanol–water partition coefficient (Wildman–Crippen LogP) is 2.85. The quantitative estimate of drug-likeness (QED) is 0.823. The van der Waals surface area contributed by atoms with Gasteiger partial charge < -0.3 is 5.11 Å². The fraction of sp³-hybridized carbons (Fsp3) is 0.100. The molecule has 4 heteroatoms. The molecule has 3 nitrogen and oxygen atoms in total. The number of hydrogen-bond donors (Lipinski definition) is 1. The number of benzene rings is 1. The van der Waals surface area contributed by atoms with E-state index in [4.69, 9.17) is 5.11 Å². The average molecular weight is 301 g/mol. The maximum atomic E-state index is 10.9. The molecule has 0 fully saturated rings. The fourth-order valence-electron chi connectivity index (χ4n) is 1.54. The van der Waals surface area contributed by atoms with Gasteiger partial charge in [-0.1, -0.05) is 18.2 Å². The lowest BCUT2D eigenvalue weighted by atomic mass is 10.2. The van der Waals surface area contributed by atoms with Gasteiger partial charge in [0.05, 0.1) is 28.4 Å². The van der Waals surface area contributed by atoms with Crippen LogP contribution in [-0.2, 0) is 0 Å². The molecule has 0 unspecified atom stereocenters. The van der Waals surface area contributed by atoms with Crippen LogP contribution in [0.5, 0.6) is 0 Å². The van der Waals surface area contributed by atoms with Gasteiger partial charge in [0.25, 0.3) is 0 Å². The van der Waals surface area contributed by atoms with E-state index in [0.29, 0.717) is 5.69 Å². The van der Waals surface area contributed by atoms with Gasteiger partial charge in [-0.2, -0.15) is 0 Å². The van der Waals surface area contributed by atoms with Crippen LogP contribution in [-0.4, -0.2) is 13.9 Å². The van der Waals surface area contributed by atoms with Crippen LogP contribution in [0, 0.1) is 6.92 Å². The maximum Gasteiger partial charge on any atom is 0.353 e. The van der Waals surface area contributed by atoms with E-state index in [1.165, 1.54) is 0 Å². The number of para-hydroxylation sites is 1. The molecule has 0 atom stereocenters. The van der Waals surface area contributed by atoms with Gasteiger partial charge in [0.2, 0.25) is 0 Å². The lowest BCUT2D eigenvalue weighted by Gasteiger charge is -1.99. The van der Waals surface area contributed by atoms with E-state index in [1.54, 1.807) is 8.85 Å². The minimum atomic E-state index is -0.894. The first-order valence-electron chi connectivity index (χ1n) is 4.12. The summed E-state index contributed by atoms with van der Waals surface area (Å²) < 4.78 is 1.69. The minimum Gasteiger partial charge on any atom is -0.477 e. The SMILES string of the molecule is Cc1cccc2cc(C(=O)O)n(I)c12. The Bertz CT molecular complexity index is 516. The standard InChI is InChI=1S/C10H8INO2/c1-6-3-2-4-7-5-8(10(13)14)12(11)9(6)7/h2-5H,1H3,(H,13,14). The van der Waals surface area contributed by atoms with Crippen molar-refractivity contribution in [2.75, 3.05) is 0 Å². The summed E-state index contributed by atoms with van der Waals surface area (Å²) in [7, 11) is 0. The highest BCUT2D eigenvalue weighted by atomic mass is 127. The molecule has 0 aliphatic heterocycles. The average Bonchev–Trinajstić information content (AvgIpc) is 2.45. The first kappa shape index (κ1) is 9.51. The molecular formula is C10H8INO2. The summed E-state index contributed by atoms with van der Waals surface area (Å²) in [5.41, 5.74) is 2.38. The second-order valence-electron chi connectivity index (χ2n) is 3.13. The molecule has 0 radical (unpaired) electrons. The normalized spacial score (nSPS) is 10.7. The summed E-state index contributed by atoms with van der Waals surface area (Å²) in [4.78, 5) is 10.9. The summed E-state index contributed by atoms with van der Waals surface area (Å²) in [6.45, 7) is 1.98. The number of aryl methyl sites for hydroxylation is 1. The number of carbonyl (C=O) groups is 1. The van der Waals surface area contributed by atoms with Crippen molar-refractivity contribution < 1.29 is 9.90 Å². The van der Waals surface area contributed by atoms with Gasteiger partial charge in [0.15, 0.2) is 0 Å². The lowest BCUT2D eigenvalue weighted by molar-refractivity contribution is 0.0691. The second kappa shape index (κ2) is 3.27. The van der Waals surface area contributed by atoms with Crippen LogP contribution in [0.25, 0.3) is 10.9 Å². The van der Waals surface area contributed by atoms with Crippen LogP contribution in [0.2, 0.25) is 0 Å². The van der Waals surface area contributed by atoms with Gasteiger partial charge in [-0.25, -0.2) is 4.79 Å². The van der Waals surface area contributed by atoms with Gasteiger partial charge in [0, 0.05) is 5.39 Å². The van der Waals surface area contributed by atoms with Gasteiger partial charge >= 0.3 is 5.97 Å². The first-order chi connectivity index (χ1) is 6.61. The Morgan fingerprint density at radius 1 is 1.50 bits per heavy atom. The molecular weight excluding hydrogens is 293 g/mol. The summed E-state index contributed by atoms with van der Waals surface area (Å²) in [5, 5.41) is 9.90. The number of hydrogen-bond acceptors (Lipinski definition) is 1. The Balaban J connectivity index is 2.87. The summed E-state index contributed by atoms with van der Waals surface area (Å²) in [6, 6.07) is 7.52. The number of carboxylic acids is 1. The van der Waals surface area contributed by atoms with Gasteiger partial charge in [-0.15, -0.1) is 0 Å². The van der Waals surface area contributed by atoms with E-state index >= 15 is 0 Å². The highest BCUT2D eigenvalue weighted by molar-refractivity contribution is 14.1. The summed E-state index contributed by atoms with van der Waals surface area (Å²) in [5.74, 6) is -0.894. The summed E-state index contributed by atoms with van der Waals surface area (Å²) in [6.07, 6.45) is 0. The number of carboxylic acid groups (broad SMARTS) is 1. The molecule has 0 aliphatic carbocycles. The molecule has 1 aromatic heterocycles.